The number of nitrogens with zero attached hydrogens (tertiary/aromatic N) is 1. The van der Waals surface area contributed by atoms with Gasteiger partial charge in [-0.05, 0) is 66.3 Å². The van der Waals surface area contributed by atoms with Crippen LogP contribution in [0, 0.1) is 11.8 Å². The van der Waals surface area contributed by atoms with E-state index in [-0.39, 0.29) is 17.0 Å². The molecule has 1 heterocycles. The van der Waals surface area contributed by atoms with Crippen molar-refractivity contribution in [1.29, 1.82) is 0 Å². The zero-order chi connectivity index (χ0) is 27.3. The fourth-order valence-corrected chi connectivity index (χ4v) is 4.42. The highest BCUT2D eigenvalue weighted by Crippen LogP contribution is 2.32. The normalized spacial score (nSPS) is 14.0. The Morgan fingerprint density at radius 2 is 1.68 bits per heavy atom. The predicted octanol–water partition coefficient (Wildman–Crippen LogP) is 5.69. The lowest BCUT2D eigenvalue weighted by Crippen LogP contribution is -2.38. The number of alkyl halides is 3. The SMILES string of the molecule is NCc1cccc(C2CCN(C(=O)c3cccc(C#Cc4ccc(Cl)cc4)c3OC(=O)C(F)(F)F)CC2)c1. The van der Waals surface area contributed by atoms with Crippen molar-refractivity contribution >= 4 is 23.5 Å². The summed E-state index contributed by atoms with van der Waals surface area (Å²) in [5.41, 5.74) is 8.28. The number of piperidine rings is 1. The quantitative estimate of drug-likeness (QED) is 0.262. The second-order valence-electron chi connectivity index (χ2n) is 8.84. The Morgan fingerprint density at radius 3 is 2.34 bits per heavy atom. The van der Waals surface area contributed by atoms with Gasteiger partial charge in [0.15, 0.2) is 5.75 Å². The first kappa shape index (κ1) is 27.2. The molecule has 3 aromatic carbocycles. The first-order valence-electron chi connectivity index (χ1n) is 11.9. The third kappa shape index (κ3) is 6.55. The molecule has 0 radical (unpaired) electrons. The predicted molar refractivity (Wildman–Crippen MR) is 138 cm³/mol. The molecule has 1 amide bonds. The molecular formula is C29H24ClF3N2O3. The van der Waals surface area contributed by atoms with E-state index < -0.39 is 23.8 Å². The van der Waals surface area contributed by atoms with E-state index in [1.807, 2.05) is 18.2 Å². The third-order valence-corrected chi connectivity index (χ3v) is 6.55. The average molecular weight is 541 g/mol. The number of rotatable bonds is 4. The van der Waals surface area contributed by atoms with Gasteiger partial charge in [0.05, 0.1) is 11.1 Å². The van der Waals surface area contributed by atoms with E-state index in [4.69, 9.17) is 22.1 Å². The van der Waals surface area contributed by atoms with Crippen molar-refractivity contribution in [3.8, 4) is 17.6 Å². The van der Waals surface area contributed by atoms with Gasteiger partial charge in [-0.25, -0.2) is 4.79 Å². The van der Waals surface area contributed by atoms with Crippen LogP contribution >= 0.6 is 11.6 Å². The van der Waals surface area contributed by atoms with Crippen molar-refractivity contribution in [2.45, 2.75) is 31.5 Å². The lowest BCUT2D eigenvalue weighted by atomic mass is 9.88. The van der Waals surface area contributed by atoms with Crippen molar-refractivity contribution in [3.05, 3.63) is 99.6 Å². The van der Waals surface area contributed by atoms with Crippen molar-refractivity contribution < 1.29 is 27.5 Å². The zero-order valence-electron chi connectivity index (χ0n) is 20.2. The first-order valence-corrected chi connectivity index (χ1v) is 12.3. The molecule has 0 atom stereocenters. The van der Waals surface area contributed by atoms with Crippen molar-refractivity contribution in [1.82, 2.24) is 4.90 Å². The average Bonchev–Trinajstić information content (AvgIpc) is 2.92. The Bertz CT molecular complexity index is 1390. The van der Waals surface area contributed by atoms with Crippen LogP contribution in [0.5, 0.6) is 5.75 Å². The number of carbonyl (C=O) groups excluding carboxylic acids is 2. The Kier molecular flexibility index (Phi) is 8.40. The van der Waals surface area contributed by atoms with Gasteiger partial charge in [0.25, 0.3) is 5.91 Å². The molecule has 5 nitrogen and oxygen atoms in total. The van der Waals surface area contributed by atoms with Gasteiger partial charge in [-0.3, -0.25) is 4.79 Å². The van der Waals surface area contributed by atoms with Crippen LogP contribution in [0.1, 0.15) is 51.4 Å². The Labute approximate surface area is 223 Å². The molecule has 1 aliphatic heterocycles. The lowest BCUT2D eigenvalue weighted by molar-refractivity contribution is -0.189. The van der Waals surface area contributed by atoms with Crippen molar-refractivity contribution in [3.63, 3.8) is 0 Å². The summed E-state index contributed by atoms with van der Waals surface area (Å²) in [6, 6.07) is 18.7. The number of para-hydroxylation sites is 1. The molecule has 9 heteroatoms. The summed E-state index contributed by atoms with van der Waals surface area (Å²) in [4.78, 5) is 26.7. The number of hydrogen-bond donors (Lipinski definition) is 1. The molecule has 1 aliphatic rings. The van der Waals surface area contributed by atoms with Gasteiger partial charge in [-0.15, -0.1) is 0 Å². The molecule has 2 N–H and O–H groups in total. The van der Waals surface area contributed by atoms with Crippen LogP contribution in [0.2, 0.25) is 5.02 Å². The third-order valence-electron chi connectivity index (χ3n) is 6.30. The largest absolute Gasteiger partial charge is 0.491 e. The smallest absolute Gasteiger partial charge is 0.418 e. The maximum absolute atomic E-state index is 13.4. The number of carbonyl (C=O) groups is 2. The second kappa shape index (κ2) is 11.7. The number of benzene rings is 3. The highest BCUT2D eigenvalue weighted by Gasteiger charge is 2.42. The minimum atomic E-state index is -5.24. The molecule has 0 aromatic heterocycles. The van der Waals surface area contributed by atoms with Crippen LogP contribution in [0.25, 0.3) is 0 Å². The van der Waals surface area contributed by atoms with Gasteiger partial charge in [-0.1, -0.05) is 53.8 Å². The van der Waals surface area contributed by atoms with Gasteiger partial charge in [0.1, 0.15) is 0 Å². The first-order chi connectivity index (χ1) is 18.2. The van der Waals surface area contributed by atoms with Crippen molar-refractivity contribution in [2.75, 3.05) is 13.1 Å². The number of hydrogen-bond acceptors (Lipinski definition) is 4. The van der Waals surface area contributed by atoms with Crippen LogP contribution in [-0.4, -0.2) is 36.0 Å². The number of esters is 1. The molecule has 0 bridgehead atoms. The van der Waals surface area contributed by atoms with Crippen LogP contribution in [0.4, 0.5) is 13.2 Å². The Hall–Kier alpha value is -3.80. The van der Waals surface area contributed by atoms with Crippen LogP contribution in [-0.2, 0) is 11.3 Å². The zero-order valence-corrected chi connectivity index (χ0v) is 21.0. The molecule has 38 heavy (non-hydrogen) atoms. The highest BCUT2D eigenvalue weighted by molar-refractivity contribution is 6.30. The number of likely N-dealkylation sites (tertiary alicyclic amines) is 1. The van der Waals surface area contributed by atoms with Crippen LogP contribution in [0.15, 0.2) is 66.7 Å². The summed E-state index contributed by atoms with van der Waals surface area (Å²) in [5.74, 6) is 2.29. The summed E-state index contributed by atoms with van der Waals surface area (Å²) in [6.45, 7) is 1.22. The van der Waals surface area contributed by atoms with E-state index in [9.17, 15) is 22.8 Å². The molecule has 0 aliphatic carbocycles. The van der Waals surface area contributed by atoms with Crippen LogP contribution in [0.3, 0.4) is 0 Å². The topological polar surface area (TPSA) is 72.6 Å². The molecule has 0 saturated carbocycles. The molecule has 1 saturated heterocycles. The number of amides is 1. The summed E-state index contributed by atoms with van der Waals surface area (Å²) >= 11 is 5.88. The van der Waals surface area contributed by atoms with E-state index in [1.54, 1.807) is 29.2 Å². The van der Waals surface area contributed by atoms with Crippen LogP contribution < -0.4 is 10.5 Å². The van der Waals surface area contributed by atoms with E-state index in [0.717, 1.165) is 11.1 Å². The molecule has 1 fully saturated rings. The lowest BCUT2D eigenvalue weighted by Gasteiger charge is -2.32. The molecule has 3 aromatic rings. The summed E-state index contributed by atoms with van der Waals surface area (Å²) in [5, 5.41) is 0.499. The molecule has 4 rings (SSSR count). The van der Waals surface area contributed by atoms with Gasteiger partial charge in [-0.2, -0.15) is 13.2 Å². The fraction of sp³-hybridized carbons (Fsp3) is 0.241. The molecular weight excluding hydrogens is 517 g/mol. The summed E-state index contributed by atoms with van der Waals surface area (Å²) < 4.78 is 44.0. The van der Waals surface area contributed by atoms with E-state index in [1.165, 1.54) is 18.2 Å². The maximum Gasteiger partial charge on any atom is 0.491 e. The Morgan fingerprint density at radius 1 is 1.00 bits per heavy atom. The molecule has 0 unspecified atom stereocenters. The van der Waals surface area contributed by atoms with E-state index in [0.29, 0.717) is 43.1 Å². The molecule has 196 valence electrons. The fourth-order valence-electron chi connectivity index (χ4n) is 4.30. The number of halogens is 4. The number of ether oxygens (including phenoxy) is 1. The molecule has 0 spiro atoms. The number of nitrogens with two attached hydrogens (primary N) is 1. The summed E-state index contributed by atoms with van der Waals surface area (Å²) in [7, 11) is 0. The minimum Gasteiger partial charge on any atom is -0.418 e. The van der Waals surface area contributed by atoms with Gasteiger partial charge < -0.3 is 15.4 Å². The standard InChI is InChI=1S/C29H24ClF3N2O3/c30-24-11-8-19(9-12-24)7-10-22-4-2-6-25(26(22)38-28(37)29(31,32)33)27(36)35-15-13-21(14-16-35)23-5-1-3-20(17-23)18-34/h1-6,8-9,11-12,17,21H,13-16,18,34H2. The van der Waals surface area contributed by atoms with E-state index in [2.05, 4.69) is 17.9 Å². The highest BCUT2D eigenvalue weighted by atomic mass is 35.5. The Balaban J connectivity index is 1.60. The van der Waals surface area contributed by atoms with E-state index >= 15 is 0 Å². The van der Waals surface area contributed by atoms with Crippen molar-refractivity contribution in [2.24, 2.45) is 5.73 Å². The maximum atomic E-state index is 13.4. The summed E-state index contributed by atoms with van der Waals surface area (Å²) in [6.07, 6.45) is -3.89. The monoisotopic (exact) mass is 540 g/mol. The van der Waals surface area contributed by atoms with Gasteiger partial charge in [0, 0.05) is 30.2 Å². The minimum absolute atomic E-state index is 0.0168. The van der Waals surface area contributed by atoms with Gasteiger partial charge >= 0.3 is 12.1 Å². The second-order valence-corrected chi connectivity index (χ2v) is 9.28. The van der Waals surface area contributed by atoms with Gasteiger partial charge in [0.2, 0.25) is 0 Å².